The molecule has 0 N–H and O–H groups in total. The molecule has 2 heterocycles. The van der Waals surface area contributed by atoms with Crippen molar-refractivity contribution in [2.75, 3.05) is 6.54 Å². The minimum atomic E-state index is -2.63. The van der Waals surface area contributed by atoms with Crippen LogP contribution in [0.15, 0.2) is 48.8 Å². The normalized spacial score (nSPS) is 20.2. The van der Waals surface area contributed by atoms with Gasteiger partial charge in [0.05, 0.1) is 11.4 Å². The second-order valence-electron chi connectivity index (χ2n) is 8.98. The summed E-state index contributed by atoms with van der Waals surface area (Å²) in [6.07, 6.45) is 5.10. The number of alkyl halides is 2. The van der Waals surface area contributed by atoms with Gasteiger partial charge in [0, 0.05) is 37.2 Å². The highest BCUT2D eigenvalue weighted by atomic mass is 19.3. The minimum Gasteiger partial charge on any atom is -0.443 e. The van der Waals surface area contributed by atoms with E-state index >= 15 is 0 Å². The molecule has 0 saturated heterocycles. The maximum absolute atomic E-state index is 13.6. The first-order chi connectivity index (χ1) is 13.6. The Morgan fingerprint density at radius 2 is 1.86 bits per heavy atom. The van der Waals surface area contributed by atoms with Gasteiger partial charge in [-0.25, -0.2) is 18.3 Å². The van der Waals surface area contributed by atoms with Crippen molar-refractivity contribution in [1.29, 1.82) is 0 Å². The average molecular weight is 401 g/mol. The maximum atomic E-state index is 13.6. The van der Waals surface area contributed by atoms with E-state index < -0.39 is 23.0 Å². The number of allylic oxidation sites excluding steroid dienone is 1. The first-order valence-corrected chi connectivity index (χ1v) is 9.78. The van der Waals surface area contributed by atoms with Crippen LogP contribution in [0.4, 0.5) is 13.6 Å². The molecule has 1 aromatic heterocycles. The molecule has 0 atom stereocenters. The molecule has 29 heavy (non-hydrogen) atoms. The molecule has 1 fully saturated rings. The van der Waals surface area contributed by atoms with Gasteiger partial charge in [0.15, 0.2) is 0 Å². The van der Waals surface area contributed by atoms with Crippen molar-refractivity contribution in [2.45, 2.75) is 51.6 Å². The molecule has 0 unspecified atom stereocenters. The molecule has 1 aromatic carbocycles. The fourth-order valence-corrected chi connectivity index (χ4v) is 4.10. The maximum Gasteiger partial charge on any atom is 0.414 e. The number of hydrogen-bond donors (Lipinski definition) is 0. The molecule has 1 saturated carbocycles. The van der Waals surface area contributed by atoms with E-state index in [1.54, 1.807) is 15.8 Å². The zero-order valence-corrected chi connectivity index (χ0v) is 16.9. The topological polar surface area (TPSA) is 47.4 Å². The summed E-state index contributed by atoms with van der Waals surface area (Å²) in [6.45, 7) is 5.79. The summed E-state index contributed by atoms with van der Waals surface area (Å²) in [5.41, 5.74) is 1.11. The van der Waals surface area contributed by atoms with Crippen LogP contribution in [0, 0.1) is 5.41 Å². The Bertz CT molecular complexity index is 920. The summed E-state index contributed by atoms with van der Waals surface area (Å²) < 4.78 is 34.6. The quantitative estimate of drug-likeness (QED) is 0.689. The van der Waals surface area contributed by atoms with E-state index in [4.69, 9.17) is 4.74 Å². The van der Waals surface area contributed by atoms with E-state index in [0.29, 0.717) is 18.7 Å². The van der Waals surface area contributed by atoms with Crippen molar-refractivity contribution in [1.82, 2.24) is 14.7 Å². The summed E-state index contributed by atoms with van der Waals surface area (Å²) in [5, 5.41) is 4.21. The molecular weight excluding hydrogens is 376 g/mol. The predicted octanol–water partition coefficient (Wildman–Crippen LogP) is 5.27. The third kappa shape index (κ3) is 4.04. The van der Waals surface area contributed by atoms with Gasteiger partial charge in [-0.05, 0) is 51.0 Å². The van der Waals surface area contributed by atoms with Crippen molar-refractivity contribution in [3.63, 3.8) is 0 Å². The lowest BCUT2D eigenvalue weighted by Crippen LogP contribution is -2.50. The number of nitrogens with zero attached hydrogens (tertiary/aromatic N) is 3. The molecule has 1 spiro atoms. The van der Waals surface area contributed by atoms with E-state index in [1.165, 1.54) is 0 Å². The Hall–Kier alpha value is -2.70. The van der Waals surface area contributed by atoms with E-state index in [0.717, 1.165) is 11.3 Å². The van der Waals surface area contributed by atoms with Gasteiger partial charge < -0.3 is 4.74 Å². The lowest BCUT2D eigenvalue weighted by Gasteiger charge is -2.49. The zero-order chi connectivity index (χ0) is 20.9. The van der Waals surface area contributed by atoms with Crippen LogP contribution in [0.3, 0.4) is 0 Å². The van der Waals surface area contributed by atoms with Crippen molar-refractivity contribution < 1.29 is 18.3 Å². The Morgan fingerprint density at radius 1 is 1.17 bits per heavy atom. The van der Waals surface area contributed by atoms with Crippen molar-refractivity contribution in [3.8, 4) is 5.69 Å². The highest BCUT2D eigenvalue weighted by Crippen LogP contribution is 2.57. The largest absolute Gasteiger partial charge is 0.443 e. The van der Waals surface area contributed by atoms with Gasteiger partial charge in [-0.15, -0.1) is 0 Å². The second kappa shape index (κ2) is 6.68. The number of carbonyl (C=O) groups is 1. The van der Waals surface area contributed by atoms with Crippen LogP contribution in [0.25, 0.3) is 11.4 Å². The fourth-order valence-electron chi connectivity index (χ4n) is 4.10. The molecule has 2 aromatic rings. The Labute approximate surface area is 169 Å². The van der Waals surface area contributed by atoms with Crippen LogP contribution in [0.1, 0.15) is 45.6 Å². The number of benzene rings is 1. The molecule has 0 bridgehead atoms. The van der Waals surface area contributed by atoms with Gasteiger partial charge in [-0.3, -0.25) is 4.90 Å². The van der Waals surface area contributed by atoms with Gasteiger partial charge >= 0.3 is 6.09 Å². The van der Waals surface area contributed by atoms with Crippen LogP contribution in [-0.4, -0.2) is 38.8 Å². The second-order valence-corrected chi connectivity index (χ2v) is 8.98. The molecule has 1 aliphatic heterocycles. The van der Waals surface area contributed by atoms with Gasteiger partial charge in [0.25, 0.3) is 0 Å². The van der Waals surface area contributed by atoms with Crippen LogP contribution < -0.4 is 0 Å². The lowest BCUT2D eigenvalue weighted by molar-refractivity contribution is -0.146. The minimum absolute atomic E-state index is 0.170. The van der Waals surface area contributed by atoms with Crippen LogP contribution in [0.2, 0.25) is 0 Å². The molecule has 154 valence electrons. The SMILES string of the molecule is CC(C)(C)OC(=O)N1CCC2(C=C1c1ccc(-n3cccn3)cc1)CC(F)(F)C2. The molecule has 5 nitrogen and oxygen atoms in total. The standard InChI is InChI=1S/C22H25F2N3O2/c1-20(2,3)29-19(28)26-12-9-21(14-22(23,24)15-21)13-18(26)16-5-7-17(8-6-16)27-11-4-10-25-27/h4-8,10-11,13H,9,12,14-15H2,1-3H3. The third-order valence-corrected chi connectivity index (χ3v) is 5.33. The summed E-state index contributed by atoms with van der Waals surface area (Å²) in [5.74, 6) is -2.63. The van der Waals surface area contributed by atoms with E-state index in [-0.39, 0.29) is 12.8 Å². The highest BCUT2D eigenvalue weighted by molar-refractivity contribution is 5.83. The average Bonchev–Trinajstić information content (AvgIpc) is 3.13. The van der Waals surface area contributed by atoms with Crippen molar-refractivity contribution in [3.05, 3.63) is 54.4 Å². The molecule has 4 rings (SSSR count). The number of halogens is 2. The monoisotopic (exact) mass is 401 g/mol. The summed E-state index contributed by atoms with van der Waals surface area (Å²) in [4.78, 5) is 14.4. The number of rotatable bonds is 2. The Balaban J connectivity index is 1.67. The van der Waals surface area contributed by atoms with Gasteiger partial charge in [0.1, 0.15) is 5.60 Å². The molecule has 1 amide bonds. The van der Waals surface area contributed by atoms with E-state index in [2.05, 4.69) is 5.10 Å². The number of carbonyl (C=O) groups excluding carboxylic acids is 1. The van der Waals surface area contributed by atoms with Gasteiger partial charge in [-0.1, -0.05) is 18.2 Å². The molecule has 2 aliphatic rings. The third-order valence-electron chi connectivity index (χ3n) is 5.33. The molecule has 1 aliphatic carbocycles. The van der Waals surface area contributed by atoms with Crippen molar-refractivity contribution >= 4 is 11.8 Å². The first kappa shape index (κ1) is 19.6. The first-order valence-electron chi connectivity index (χ1n) is 9.78. The fraction of sp³-hybridized carbons (Fsp3) is 0.455. The Kier molecular flexibility index (Phi) is 4.52. The summed E-state index contributed by atoms with van der Waals surface area (Å²) >= 11 is 0. The van der Waals surface area contributed by atoms with Crippen LogP contribution in [0.5, 0.6) is 0 Å². The number of ether oxygens (including phenoxy) is 1. The van der Waals surface area contributed by atoms with E-state index in [9.17, 15) is 13.6 Å². The number of aromatic nitrogens is 2. The van der Waals surface area contributed by atoms with Crippen LogP contribution in [-0.2, 0) is 4.74 Å². The lowest BCUT2D eigenvalue weighted by atomic mass is 9.62. The van der Waals surface area contributed by atoms with Gasteiger partial charge in [0.2, 0.25) is 5.92 Å². The molecule has 0 radical (unpaired) electrons. The number of hydrogen-bond acceptors (Lipinski definition) is 3. The molecule has 7 heteroatoms. The van der Waals surface area contributed by atoms with E-state index in [1.807, 2.05) is 63.4 Å². The smallest absolute Gasteiger partial charge is 0.414 e. The van der Waals surface area contributed by atoms with Crippen LogP contribution >= 0.6 is 0 Å². The molecular formula is C22H25F2N3O2. The number of amides is 1. The summed E-state index contributed by atoms with van der Waals surface area (Å²) in [6, 6.07) is 9.40. The Morgan fingerprint density at radius 3 is 2.41 bits per heavy atom. The zero-order valence-electron chi connectivity index (χ0n) is 16.9. The highest BCUT2D eigenvalue weighted by Gasteiger charge is 2.56. The van der Waals surface area contributed by atoms with Gasteiger partial charge in [-0.2, -0.15) is 5.10 Å². The van der Waals surface area contributed by atoms with Crippen molar-refractivity contribution in [2.24, 2.45) is 5.41 Å². The predicted molar refractivity (Wildman–Crippen MR) is 106 cm³/mol. The summed E-state index contributed by atoms with van der Waals surface area (Å²) in [7, 11) is 0.